The first-order valence-electron chi connectivity index (χ1n) is 8.83. The van der Waals surface area contributed by atoms with Gasteiger partial charge >= 0.3 is 0 Å². The summed E-state index contributed by atoms with van der Waals surface area (Å²) in [4.78, 5) is 23.7. The lowest BCUT2D eigenvalue weighted by atomic mass is 9.96. The Labute approximate surface area is 168 Å². The molecular weight excluding hydrogens is 388 g/mol. The summed E-state index contributed by atoms with van der Waals surface area (Å²) in [6, 6.07) is 7.13. The van der Waals surface area contributed by atoms with E-state index >= 15 is 0 Å². The fraction of sp³-hybridized carbons (Fsp3) is 0.556. The van der Waals surface area contributed by atoms with Gasteiger partial charge in [-0.3, -0.25) is 9.59 Å². The Morgan fingerprint density at radius 1 is 1.25 bits per heavy atom. The van der Waals surface area contributed by atoms with Crippen molar-refractivity contribution in [3.8, 4) is 0 Å². The minimum absolute atomic E-state index is 0.0342. The van der Waals surface area contributed by atoms with E-state index < -0.39 is 55.1 Å². The molecule has 1 unspecified atom stereocenters. The number of ether oxygens (including phenoxy) is 2. The number of amides is 2. The van der Waals surface area contributed by atoms with Crippen LogP contribution in [0.25, 0.3) is 0 Å². The molecule has 0 radical (unpaired) electrons. The van der Waals surface area contributed by atoms with Crippen molar-refractivity contribution in [1.82, 2.24) is 10.6 Å². The van der Waals surface area contributed by atoms with Gasteiger partial charge in [0.15, 0.2) is 6.29 Å². The van der Waals surface area contributed by atoms with Crippen molar-refractivity contribution in [1.29, 1.82) is 0 Å². The molecule has 1 heterocycles. The zero-order valence-electron chi connectivity index (χ0n) is 15.4. The Morgan fingerprint density at radius 2 is 1.93 bits per heavy atom. The Morgan fingerprint density at radius 3 is 2.50 bits per heavy atom. The van der Waals surface area contributed by atoms with Gasteiger partial charge in [-0.1, -0.05) is 30.3 Å². The second kappa shape index (κ2) is 10.7. The van der Waals surface area contributed by atoms with Gasteiger partial charge in [-0.15, -0.1) is 0 Å². The predicted molar refractivity (Wildman–Crippen MR) is 102 cm³/mol. The highest BCUT2D eigenvalue weighted by Crippen LogP contribution is 2.23. The number of nitrogens with one attached hydrogen (secondary N) is 2. The van der Waals surface area contributed by atoms with Gasteiger partial charge in [0.05, 0.1) is 13.2 Å². The van der Waals surface area contributed by atoms with Crippen molar-refractivity contribution in [3.63, 3.8) is 0 Å². The highest BCUT2D eigenvalue weighted by atomic mass is 32.1. The fourth-order valence-corrected chi connectivity index (χ4v) is 3.09. The molecule has 1 aliphatic heterocycles. The summed E-state index contributed by atoms with van der Waals surface area (Å²) in [6.07, 6.45) is -5.08. The maximum atomic E-state index is 12.5. The number of aliphatic hydroxyl groups excluding tert-OH is 3. The molecule has 9 nitrogen and oxygen atoms in total. The van der Waals surface area contributed by atoms with Gasteiger partial charge in [0, 0.05) is 12.7 Å². The Kier molecular flexibility index (Phi) is 8.67. The van der Waals surface area contributed by atoms with Crippen LogP contribution in [0.2, 0.25) is 0 Å². The second-order valence-corrected chi connectivity index (χ2v) is 6.84. The molecule has 156 valence electrons. The lowest BCUT2D eigenvalue weighted by Gasteiger charge is -2.42. The molecule has 0 aromatic heterocycles. The van der Waals surface area contributed by atoms with Crippen molar-refractivity contribution in [2.24, 2.45) is 0 Å². The molecule has 0 spiro atoms. The van der Waals surface area contributed by atoms with Crippen molar-refractivity contribution in [2.75, 3.05) is 12.4 Å². The van der Waals surface area contributed by atoms with Gasteiger partial charge in [-0.2, -0.15) is 12.6 Å². The zero-order chi connectivity index (χ0) is 20.7. The van der Waals surface area contributed by atoms with Gasteiger partial charge in [0.25, 0.3) is 0 Å². The molecule has 5 N–H and O–H groups in total. The smallest absolute Gasteiger partial charge is 0.243 e. The monoisotopic (exact) mass is 414 g/mol. The molecule has 0 bridgehead atoms. The van der Waals surface area contributed by atoms with Crippen molar-refractivity contribution < 1.29 is 34.4 Å². The number of benzene rings is 1. The molecule has 28 heavy (non-hydrogen) atoms. The lowest BCUT2D eigenvalue weighted by molar-refractivity contribution is -0.273. The van der Waals surface area contributed by atoms with Crippen molar-refractivity contribution in [3.05, 3.63) is 35.9 Å². The number of rotatable bonds is 8. The topological polar surface area (TPSA) is 137 Å². The quantitative estimate of drug-likeness (QED) is 0.287. The first-order chi connectivity index (χ1) is 13.4. The van der Waals surface area contributed by atoms with Crippen LogP contribution < -0.4 is 10.6 Å². The first-order valence-corrected chi connectivity index (χ1v) is 9.47. The van der Waals surface area contributed by atoms with Gasteiger partial charge in [-0.25, -0.2) is 0 Å². The highest BCUT2D eigenvalue weighted by molar-refractivity contribution is 7.80. The number of thiol groups is 1. The summed E-state index contributed by atoms with van der Waals surface area (Å²) < 4.78 is 11.2. The Hall–Kier alpha value is -1.69. The molecule has 2 rings (SSSR count). The Bertz CT molecular complexity index is 648. The summed E-state index contributed by atoms with van der Waals surface area (Å²) in [7, 11) is 0. The van der Waals surface area contributed by atoms with Crippen LogP contribution in [-0.2, 0) is 25.7 Å². The van der Waals surface area contributed by atoms with Gasteiger partial charge in [0.1, 0.15) is 30.4 Å². The molecule has 10 heteroatoms. The fourth-order valence-electron chi connectivity index (χ4n) is 2.84. The summed E-state index contributed by atoms with van der Waals surface area (Å²) in [5.74, 6) is -0.986. The number of hydrogen-bond acceptors (Lipinski definition) is 8. The van der Waals surface area contributed by atoms with E-state index in [4.69, 9.17) is 9.47 Å². The van der Waals surface area contributed by atoms with Gasteiger partial charge < -0.3 is 35.4 Å². The number of carbonyl (C=O) groups excluding carboxylic acids is 2. The summed E-state index contributed by atoms with van der Waals surface area (Å²) in [5.41, 5.74) is 0.837. The van der Waals surface area contributed by atoms with E-state index in [-0.39, 0.29) is 12.4 Å². The molecule has 1 aliphatic rings. The average molecular weight is 414 g/mol. The third-order valence-electron chi connectivity index (χ3n) is 4.32. The van der Waals surface area contributed by atoms with Crippen LogP contribution >= 0.6 is 12.6 Å². The van der Waals surface area contributed by atoms with Crippen LogP contribution in [0.3, 0.4) is 0 Å². The van der Waals surface area contributed by atoms with Crippen LogP contribution in [0.5, 0.6) is 0 Å². The maximum absolute atomic E-state index is 12.5. The van der Waals surface area contributed by atoms with Gasteiger partial charge in [-0.05, 0) is 5.56 Å². The molecule has 1 saturated heterocycles. The zero-order valence-corrected chi connectivity index (χ0v) is 16.3. The standard InChI is InChI=1S/C18H26N2O7S/c1-10(22)19-12(9-28)17(25)20-14-16(24)15(23)13(7-21)27-18(14)26-8-11-5-3-2-4-6-11/h2-6,12-16,18,21,23-24,28H,7-9H2,1H3,(H,19,22)(H,20,25)/t12?,13-,14-,15-,16-,18+/m1/s1. The number of hydrogen-bond donors (Lipinski definition) is 6. The highest BCUT2D eigenvalue weighted by Gasteiger charge is 2.46. The van der Waals surface area contributed by atoms with E-state index in [2.05, 4.69) is 23.3 Å². The maximum Gasteiger partial charge on any atom is 0.243 e. The molecule has 1 aromatic carbocycles. The molecule has 2 amide bonds. The van der Waals surface area contributed by atoms with Crippen LogP contribution in [0, 0.1) is 0 Å². The van der Waals surface area contributed by atoms with Crippen LogP contribution in [-0.4, -0.2) is 76.2 Å². The number of carbonyl (C=O) groups is 2. The average Bonchev–Trinajstić information content (AvgIpc) is 2.69. The molecule has 0 saturated carbocycles. The van der Waals surface area contributed by atoms with Crippen LogP contribution in [0.15, 0.2) is 30.3 Å². The predicted octanol–water partition coefficient (Wildman–Crippen LogP) is -1.44. The van der Waals surface area contributed by atoms with Gasteiger partial charge in [0.2, 0.25) is 11.8 Å². The number of aliphatic hydroxyl groups is 3. The van der Waals surface area contributed by atoms with E-state index in [1.54, 1.807) is 0 Å². The summed E-state index contributed by atoms with van der Waals surface area (Å²) >= 11 is 4.05. The third-order valence-corrected chi connectivity index (χ3v) is 4.69. The van der Waals surface area contributed by atoms with E-state index in [0.717, 1.165) is 5.56 Å². The molecule has 0 aliphatic carbocycles. The van der Waals surface area contributed by atoms with E-state index in [0.29, 0.717) is 0 Å². The third kappa shape index (κ3) is 5.90. The molecule has 6 atom stereocenters. The van der Waals surface area contributed by atoms with Crippen molar-refractivity contribution in [2.45, 2.75) is 50.2 Å². The van der Waals surface area contributed by atoms with E-state index in [1.165, 1.54) is 6.92 Å². The van der Waals surface area contributed by atoms with E-state index in [1.807, 2.05) is 30.3 Å². The minimum Gasteiger partial charge on any atom is -0.394 e. The first kappa shape index (κ1) is 22.6. The summed E-state index contributed by atoms with van der Waals surface area (Å²) in [5, 5.41) is 35.0. The molecule has 1 aromatic rings. The Balaban J connectivity index is 2.12. The largest absolute Gasteiger partial charge is 0.394 e. The second-order valence-electron chi connectivity index (χ2n) is 6.47. The lowest BCUT2D eigenvalue weighted by Crippen LogP contribution is -2.66. The van der Waals surface area contributed by atoms with Crippen molar-refractivity contribution >= 4 is 24.4 Å². The SMILES string of the molecule is CC(=O)NC(CS)C(=O)N[C@H]1[C@@H](OCc2ccccc2)O[C@H](CO)[C@@H](O)[C@@H]1O. The van der Waals surface area contributed by atoms with E-state index in [9.17, 15) is 24.9 Å². The van der Waals surface area contributed by atoms with Crippen LogP contribution in [0.4, 0.5) is 0 Å². The normalized spacial score (nSPS) is 28.4. The minimum atomic E-state index is -1.45. The molecular formula is C18H26N2O7S. The summed E-state index contributed by atoms with van der Waals surface area (Å²) in [6.45, 7) is 0.861. The molecule has 1 fully saturated rings. The van der Waals surface area contributed by atoms with Crippen LogP contribution in [0.1, 0.15) is 12.5 Å².